The first kappa shape index (κ1) is 17.7. The lowest BCUT2D eigenvalue weighted by Crippen LogP contribution is -2.36. The van der Waals surface area contributed by atoms with E-state index in [2.05, 4.69) is 22.0 Å². The highest BCUT2D eigenvalue weighted by Crippen LogP contribution is 2.37. The second kappa shape index (κ2) is 7.48. The molecular weight excluding hydrogens is 340 g/mol. The second-order valence-electron chi connectivity index (χ2n) is 7.52. The third-order valence-electron chi connectivity index (χ3n) is 5.73. The molecule has 3 atom stereocenters. The quantitative estimate of drug-likeness (QED) is 0.876. The summed E-state index contributed by atoms with van der Waals surface area (Å²) in [4.78, 5) is 32.6. The molecule has 2 aromatic rings. The minimum absolute atomic E-state index is 0.0109. The number of fused-ring (bicyclic) bond motifs is 1. The SMILES string of the molecule is NC(=O)C[C@@H](c1ccccc1)N1CC2CN(C(=O)c3cccnc3)CC2C1. The van der Waals surface area contributed by atoms with E-state index in [0.29, 0.717) is 23.8 Å². The number of carbonyl (C=O) groups is 2. The molecule has 2 fully saturated rings. The van der Waals surface area contributed by atoms with Gasteiger partial charge in [-0.3, -0.25) is 19.5 Å². The predicted octanol–water partition coefficient (Wildman–Crippen LogP) is 1.70. The van der Waals surface area contributed by atoms with Gasteiger partial charge in [0.2, 0.25) is 5.91 Å². The molecule has 2 amide bonds. The molecule has 27 heavy (non-hydrogen) atoms. The van der Waals surface area contributed by atoms with Crippen LogP contribution in [0.3, 0.4) is 0 Å². The molecule has 6 heteroatoms. The number of pyridine rings is 1. The highest BCUT2D eigenvalue weighted by molar-refractivity contribution is 5.94. The van der Waals surface area contributed by atoms with Crippen LogP contribution in [-0.4, -0.2) is 52.8 Å². The predicted molar refractivity (Wildman–Crippen MR) is 102 cm³/mol. The van der Waals surface area contributed by atoms with E-state index in [1.165, 1.54) is 0 Å². The summed E-state index contributed by atoms with van der Waals surface area (Å²) in [5.41, 5.74) is 7.28. The zero-order chi connectivity index (χ0) is 18.8. The van der Waals surface area contributed by atoms with Gasteiger partial charge in [-0.15, -0.1) is 0 Å². The van der Waals surface area contributed by atoms with E-state index < -0.39 is 0 Å². The van der Waals surface area contributed by atoms with Crippen LogP contribution in [0.4, 0.5) is 0 Å². The van der Waals surface area contributed by atoms with Crippen LogP contribution in [0.5, 0.6) is 0 Å². The van der Waals surface area contributed by atoms with Crippen molar-refractivity contribution < 1.29 is 9.59 Å². The number of hydrogen-bond acceptors (Lipinski definition) is 4. The maximum Gasteiger partial charge on any atom is 0.255 e. The van der Waals surface area contributed by atoms with E-state index >= 15 is 0 Å². The summed E-state index contributed by atoms with van der Waals surface area (Å²) in [6.07, 6.45) is 3.62. The molecule has 1 aromatic carbocycles. The molecule has 0 saturated carbocycles. The van der Waals surface area contributed by atoms with E-state index in [0.717, 1.165) is 31.7 Å². The lowest BCUT2D eigenvalue weighted by molar-refractivity contribution is -0.119. The first-order valence-electron chi connectivity index (χ1n) is 9.38. The maximum absolute atomic E-state index is 12.7. The Kier molecular flexibility index (Phi) is 4.90. The Morgan fingerprint density at radius 3 is 2.33 bits per heavy atom. The van der Waals surface area contributed by atoms with Crippen molar-refractivity contribution in [2.75, 3.05) is 26.2 Å². The molecule has 3 heterocycles. The smallest absolute Gasteiger partial charge is 0.255 e. The average molecular weight is 364 g/mol. The fraction of sp³-hybridized carbons (Fsp3) is 0.381. The number of aromatic nitrogens is 1. The standard InChI is InChI=1S/C21H24N4O2/c22-20(26)9-19(15-5-2-1-3-6-15)24-11-17-13-25(14-18(17)12-24)21(27)16-7-4-8-23-10-16/h1-8,10,17-19H,9,11-14H2,(H2,22,26)/t17?,18?,19-/m0/s1. The minimum Gasteiger partial charge on any atom is -0.370 e. The van der Waals surface area contributed by atoms with E-state index in [-0.39, 0.29) is 17.9 Å². The molecule has 4 rings (SSSR count). The molecule has 0 spiro atoms. The zero-order valence-electron chi connectivity index (χ0n) is 15.2. The molecule has 1 aromatic heterocycles. The van der Waals surface area contributed by atoms with Gasteiger partial charge in [-0.1, -0.05) is 30.3 Å². The zero-order valence-corrected chi connectivity index (χ0v) is 15.2. The highest BCUT2D eigenvalue weighted by atomic mass is 16.2. The molecule has 0 bridgehead atoms. The number of nitrogens with two attached hydrogens (primary N) is 1. The van der Waals surface area contributed by atoms with Crippen molar-refractivity contribution >= 4 is 11.8 Å². The van der Waals surface area contributed by atoms with Crippen molar-refractivity contribution in [3.8, 4) is 0 Å². The maximum atomic E-state index is 12.7. The number of nitrogens with zero attached hydrogens (tertiary/aromatic N) is 3. The number of amides is 2. The summed E-state index contributed by atoms with van der Waals surface area (Å²) < 4.78 is 0. The van der Waals surface area contributed by atoms with Gasteiger partial charge in [0.15, 0.2) is 0 Å². The topological polar surface area (TPSA) is 79.5 Å². The van der Waals surface area contributed by atoms with Gasteiger partial charge in [0, 0.05) is 51.0 Å². The molecular formula is C21H24N4O2. The molecule has 6 nitrogen and oxygen atoms in total. The molecule has 2 aliphatic rings. The van der Waals surface area contributed by atoms with Crippen LogP contribution in [0, 0.1) is 11.8 Å². The Hall–Kier alpha value is -2.73. The molecule has 2 saturated heterocycles. The van der Waals surface area contributed by atoms with Crippen LogP contribution in [0.2, 0.25) is 0 Å². The van der Waals surface area contributed by atoms with E-state index in [1.54, 1.807) is 18.5 Å². The van der Waals surface area contributed by atoms with Crippen molar-refractivity contribution in [1.82, 2.24) is 14.8 Å². The van der Waals surface area contributed by atoms with Crippen LogP contribution >= 0.6 is 0 Å². The summed E-state index contributed by atoms with van der Waals surface area (Å²) in [6.45, 7) is 3.28. The minimum atomic E-state index is -0.283. The van der Waals surface area contributed by atoms with Crippen LogP contribution in [0.25, 0.3) is 0 Å². The fourth-order valence-electron chi connectivity index (χ4n) is 4.45. The number of likely N-dealkylation sites (tertiary alicyclic amines) is 2. The third-order valence-corrected chi connectivity index (χ3v) is 5.73. The second-order valence-corrected chi connectivity index (χ2v) is 7.52. The fourth-order valence-corrected chi connectivity index (χ4v) is 4.45. The molecule has 2 unspecified atom stereocenters. The number of hydrogen-bond donors (Lipinski definition) is 1. The van der Waals surface area contributed by atoms with E-state index in [1.807, 2.05) is 29.2 Å². The van der Waals surface area contributed by atoms with Crippen LogP contribution < -0.4 is 5.73 Å². The van der Waals surface area contributed by atoms with Gasteiger partial charge >= 0.3 is 0 Å². The van der Waals surface area contributed by atoms with E-state index in [4.69, 9.17) is 5.73 Å². The Labute approximate surface area is 159 Å². The van der Waals surface area contributed by atoms with Crippen molar-refractivity contribution in [3.05, 3.63) is 66.0 Å². The average Bonchev–Trinajstić information content (AvgIpc) is 3.26. The molecule has 0 radical (unpaired) electrons. The Balaban J connectivity index is 1.44. The molecule has 2 aliphatic heterocycles. The Morgan fingerprint density at radius 2 is 1.74 bits per heavy atom. The number of benzene rings is 1. The summed E-state index contributed by atoms with van der Waals surface area (Å²) >= 11 is 0. The number of rotatable bonds is 5. The molecule has 2 N–H and O–H groups in total. The Bertz CT molecular complexity index is 797. The van der Waals surface area contributed by atoms with Gasteiger partial charge in [-0.25, -0.2) is 0 Å². The third kappa shape index (κ3) is 3.71. The van der Waals surface area contributed by atoms with Crippen molar-refractivity contribution in [3.63, 3.8) is 0 Å². The monoisotopic (exact) mass is 364 g/mol. The largest absolute Gasteiger partial charge is 0.370 e. The van der Waals surface area contributed by atoms with Crippen LogP contribution in [-0.2, 0) is 4.79 Å². The molecule has 0 aliphatic carbocycles. The van der Waals surface area contributed by atoms with Crippen LogP contribution in [0.1, 0.15) is 28.4 Å². The van der Waals surface area contributed by atoms with Gasteiger partial charge in [0.05, 0.1) is 5.56 Å². The first-order valence-corrected chi connectivity index (χ1v) is 9.38. The van der Waals surface area contributed by atoms with E-state index in [9.17, 15) is 9.59 Å². The number of carbonyl (C=O) groups excluding carboxylic acids is 2. The summed E-state index contributed by atoms with van der Waals surface area (Å²) in [6, 6.07) is 13.7. The summed E-state index contributed by atoms with van der Waals surface area (Å²) in [5.74, 6) is 0.643. The lowest BCUT2D eigenvalue weighted by Gasteiger charge is -2.29. The van der Waals surface area contributed by atoms with Gasteiger partial charge < -0.3 is 10.6 Å². The van der Waals surface area contributed by atoms with Gasteiger partial charge in [0.25, 0.3) is 5.91 Å². The highest BCUT2D eigenvalue weighted by Gasteiger charge is 2.43. The Morgan fingerprint density at radius 1 is 1.04 bits per heavy atom. The van der Waals surface area contributed by atoms with Crippen molar-refractivity contribution in [1.29, 1.82) is 0 Å². The number of primary amides is 1. The summed E-state index contributed by atoms with van der Waals surface area (Å²) in [7, 11) is 0. The normalized spacial score (nSPS) is 23.2. The first-order chi connectivity index (χ1) is 13.1. The van der Waals surface area contributed by atoms with Gasteiger partial charge in [-0.2, -0.15) is 0 Å². The van der Waals surface area contributed by atoms with Gasteiger partial charge in [-0.05, 0) is 29.5 Å². The van der Waals surface area contributed by atoms with Crippen molar-refractivity contribution in [2.45, 2.75) is 12.5 Å². The lowest BCUT2D eigenvalue weighted by atomic mass is 10.0. The van der Waals surface area contributed by atoms with Gasteiger partial charge in [0.1, 0.15) is 0 Å². The van der Waals surface area contributed by atoms with Crippen LogP contribution in [0.15, 0.2) is 54.9 Å². The van der Waals surface area contributed by atoms with Crippen molar-refractivity contribution in [2.24, 2.45) is 17.6 Å². The molecule has 140 valence electrons. The summed E-state index contributed by atoms with van der Waals surface area (Å²) in [5, 5.41) is 0.